The van der Waals surface area contributed by atoms with Gasteiger partial charge in [0.25, 0.3) is 0 Å². The van der Waals surface area contributed by atoms with Gasteiger partial charge in [-0.25, -0.2) is 0 Å². The van der Waals surface area contributed by atoms with Crippen LogP contribution in [0.15, 0.2) is 24.3 Å². The average molecular weight is 279 g/mol. The normalized spacial score (nSPS) is 23.5. The lowest BCUT2D eigenvalue weighted by molar-refractivity contribution is 0.184. The predicted molar refractivity (Wildman–Crippen MR) is 83.6 cm³/mol. The molecule has 1 aliphatic carbocycles. The molecule has 0 aromatic heterocycles. The van der Waals surface area contributed by atoms with Gasteiger partial charge < -0.3 is 10.1 Å². The zero-order valence-corrected chi connectivity index (χ0v) is 12.8. The van der Waals surface area contributed by atoms with E-state index in [4.69, 9.17) is 4.74 Å². The highest BCUT2D eigenvalue weighted by atomic mass is 32.2. The Morgan fingerprint density at radius 1 is 1.21 bits per heavy atom. The fourth-order valence-corrected chi connectivity index (χ4v) is 3.84. The lowest BCUT2D eigenvalue weighted by Gasteiger charge is -2.31. The third-order valence-electron chi connectivity index (χ3n) is 3.98. The second-order valence-electron chi connectivity index (χ2n) is 5.25. The van der Waals surface area contributed by atoms with Crippen LogP contribution in [-0.4, -0.2) is 24.7 Å². The Morgan fingerprint density at radius 2 is 1.95 bits per heavy atom. The van der Waals surface area contributed by atoms with Gasteiger partial charge in [0.05, 0.1) is 6.61 Å². The summed E-state index contributed by atoms with van der Waals surface area (Å²) in [6.07, 6.45) is 7.68. The van der Waals surface area contributed by atoms with Crippen LogP contribution in [0.4, 0.5) is 0 Å². The fourth-order valence-electron chi connectivity index (χ4n) is 2.88. The summed E-state index contributed by atoms with van der Waals surface area (Å²) in [5, 5.41) is 4.54. The van der Waals surface area contributed by atoms with Gasteiger partial charge in [-0.2, -0.15) is 11.8 Å². The molecule has 0 aliphatic heterocycles. The van der Waals surface area contributed by atoms with Crippen LogP contribution < -0.4 is 5.32 Å². The molecule has 3 heteroatoms. The zero-order chi connectivity index (χ0) is 13.5. The molecule has 0 amide bonds. The number of hydrogen-bond donors (Lipinski definition) is 1. The van der Waals surface area contributed by atoms with Crippen LogP contribution in [0.3, 0.4) is 0 Å². The van der Waals surface area contributed by atoms with E-state index in [2.05, 4.69) is 35.8 Å². The molecular formula is C16H25NOS. The van der Waals surface area contributed by atoms with Crippen molar-refractivity contribution in [2.45, 2.75) is 50.1 Å². The quantitative estimate of drug-likeness (QED) is 0.860. The van der Waals surface area contributed by atoms with E-state index in [1.165, 1.54) is 36.8 Å². The van der Waals surface area contributed by atoms with E-state index in [0.29, 0.717) is 12.6 Å². The largest absolute Gasteiger partial charge is 0.380 e. The molecule has 0 saturated heterocycles. The second kappa shape index (κ2) is 7.93. The number of thioether (sulfide) groups is 1. The molecule has 2 unspecified atom stereocenters. The topological polar surface area (TPSA) is 21.3 Å². The highest BCUT2D eigenvalue weighted by molar-refractivity contribution is 7.99. The van der Waals surface area contributed by atoms with Crippen molar-refractivity contribution < 1.29 is 4.74 Å². The summed E-state index contributed by atoms with van der Waals surface area (Å²) in [7, 11) is 1.76. The van der Waals surface area contributed by atoms with Gasteiger partial charge in [-0.3, -0.25) is 0 Å². The van der Waals surface area contributed by atoms with Crippen molar-refractivity contribution in [1.82, 2.24) is 5.32 Å². The SMILES string of the molecule is COCc1ccccc1CNC1CCCCC1SC. The highest BCUT2D eigenvalue weighted by Gasteiger charge is 2.23. The molecule has 1 saturated carbocycles. The summed E-state index contributed by atoms with van der Waals surface area (Å²) in [4.78, 5) is 0. The van der Waals surface area contributed by atoms with Crippen molar-refractivity contribution in [3.63, 3.8) is 0 Å². The summed E-state index contributed by atoms with van der Waals surface area (Å²) in [6, 6.07) is 9.23. The van der Waals surface area contributed by atoms with Crippen LogP contribution in [0.2, 0.25) is 0 Å². The fraction of sp³-hybridized carbons (Fsp3) is 0.625. The Bertz CT molecular complexity index is 383. The molecule has 2 rings (SSSR count). The molecule has 1 N–H and O–H groups in total. The first-order valence-corrected chi connectivity index (χ1v) is 8.46. The van der Waals surface area contributed by atoms with E-state index in [-0.39, 0.29) is 0 Å². The number of methoxy groups -OCH3 is 1. The van der Waals surface area contributed by atoms with Gasteiger partial charge in [0.1, 0.15) is 0 Å². The van der Waals surface area contributed by atoms with Crippen LogP contribution in [-0.2, 0) is 17.9 Å². The van der Waals surface area contributed by atoms with Crippen molar-refractivity contribution >= 4 is 11.8 Å². The third kappa shape index (κ3) is 4.23. The van der Waals surface area contributed by atoms with Crippen molar-refractivity contribution in [2.24, 2.45) is 0 Å². The number of nitrogens with one attached hydrogen (secondary N) is 1. The third-order valence-corrected chi connectivity index (χ3v) is 5.15. The molecule has 106 valence electrons. The molecule has 2 atom stereocenters. The van der Waals surface area contributed by atoms with E-state index in [9.17, 15) is 0 Å². The van der Waals surface area contributed by atoms with E-state index >= 15 is 0 Å². The van der Waals surface area contributed by atoms with E-state index in [1.807, 2.05) is 11.8 Å². The Labute approximate surface area is 121 Å². The molecule has 0 radical (unpaired) electrons. The maximum absolute atomic E-state index is 5.27. The van der Waals surface area contributed by atoms with Gasteiger partial charge in [-0.1, -0.05) is 37.1 Å². The van der Waals surface area contributed by atoms with Gasteiger partial charge in [-0.05, 0) is 30.2 Å². The average Bonchev–Trinajstić information content (AvgIpc) is 2.47. The van der Waals surface area contributed by atoms with Gasteiger partial charge in [0.2, 0.25) is 0 Å². The van der Waals surface area contributed by atoms with Gasteiger partial charge in [-0.15, -0.1) is 0 Å². The lowest BCUT2D eigenvalue weighted by Crippen LogP contribution is -2.40. The molecule has 0 bridgehead atoms. The van der Waals surface area contributed by atoms with Gasteiger partial charge >= 0.3 is 0 Å². The minimum atomic E-state index is 0.666. The molecule has 1 aliphatic rings. The summed E-state index contributed by atoms with van der Waals surface area (Å²) in [6.45, 7) is 1.66. The molecule has 2 nitrogen and oxygen atoms in total. The minimum Gasteiger partial charge on any atom is -0.380 e. The van der Waals surface area contributed by atoms with Crippen molar-refractivity contribution in [3.05, 3.63) is 35.4 Å². The monoisotopic (exact) mass is 279 g/mol. The predicted octanol–water partition coefficient (Wildman–Crippen LogP) is 3.60. The molecule has 0 spiro atoms. The molecule has 1 fully saturated rings. The van der Waals surface area contributed by atoms with Gasteiger partial charge in [0, 0.05) is 24.9 Å². The van der Waals surface area contributed by atoms with Crippen LogP contribution in [0.1, 0.15) is 36.8 Å². The van der Waals surface area contributed by atoms with Crippen LogP contribution in [0.5, 0.6) is 0 Å². The Kier molecular flexibility index (Phi) is 6.21. The van der Waals surface area contributed by atoms with E-state index in [0.717, 1.165) is 11.8 Å². The Morgan fingerprint density at radius 3 is 2.68 bits per heavy atom. The first-order chi connectivity index (χ1) is 9.35. The maximum Gasteiger partial charge on any atom is 0.0716 e. The number of ether oxygens (including phenoxy) is 1. The second-order valence-corrected chi connectivity index (χ2v) is 6.32. The standard InChI is InChI=1S/C16H25NOS/c1-18-12-14-8-4-3-7-13(14)11-17-15-9-5-6-10-16(15)19-2/h3-4,7-8,15-17H,5-6,9-12H2,1-2H3. The molecular weight excluding hydrogens is 254 g/mol. The number of rotatable bonds is 6. The molecule has 1 aromatic rings. The Balaban J connectivity index is 1.93. The summed E-state index contributed by atoms with van der Waals surface area (Å²) < 4.78 is 5.27. The molecule has 0 heterocycles. The van der Waals surface area contributed by atoms with E-state index in [1.54, 1.807) is 7.11 Å². The molecule has 19 heavy (non-hydrogen) atoms. The zero-order valence-electron chi connectivity index (χ0n) is 12.0. The maximum atomic E-state index is 5.27. The number of hydrogen-bond acceptors (Lipinski definition) is 3. The van der Waals surface area contributed by atoms with Crippen LogP contribution in [0.25, 0.3) is 0 Å². The first-order valence-electron chi connectivity index (χ1n) is 7.17. The van der Waals surface area contributed by atoms with Crippen molar-refractivity contribution in [3.8, 4) is 0 Å². The first kappa shape index (κ1) is 14.9. The number of benzene rings is 1. The van der Waals surface area contributed by atoms with E-state index < -0.39 is 0 Å². The Hall–Kier alpha value is -0.510. The van der Waals surface area contributed by atoms with Crippen molar-refractivity contribution in [2.75, 3.05) is 13.4 Å². The highest BCUT2D eigenvalue weighted by Crippen LogP contribution is 2.27. The smallest absolute Gasteiger partial charge is 0.0716 e. The molecule has 1 aromatic carbocycles. The van der Waals surface area contributed by atoms with Crippen LogP contribution >= 0.6 is 11.8 Å². The summed E-state index contributed by atoms with van der Waals surface area (Å²) >= 11 is 2.02. The lowest BCUT2D eigenvalue weighted by atomic mass is 9.94. The summed E-state index contributed by atoms with van der Waals surface area (Å²) in [5.74, 6) is 0. The van der Waals surface area contributed by atoms with Gasteiger partial charge in [0.15, 0.2) is 0 Å². The minimum absolute atomic E-state index is 0.666. The summed E-state index contributed by atoms with van der Waals surface area (Å²) in [5.41, 5.74) is 2.67. The van der Waals surface area contributed by atoms with Crippen molar-refractivity contribution in [1.29, 1.82) is 0 Å². The van der Waals surface area contributed by atoms with Crippen LogP contribution in [0, 0.1) is 0 Å².